The maximum atomic E-state index is 5.93. The van der Waals surface area contributed by atoms with Crippen molar-refractivity contribution < 1.29 is 9.47 Å². The number of hydrogen-bond donors (Lipinski definition) is 2. The van der Waals surface area contributed by atoms with Crippen molar-refractivity contribution in [3.63, 3.8) is 0 Å². The van der Waals surface area contributed by atoms with E-state index in [1.54, 1.807) is 0 Å². The van der Waals surface area contributed by atoms with Crippen molar-refractivity contribution in [3.05, 3.63) is 35.9 Å². The summed E-state index contributed by atoms with van der Waals surface area (Å²) in [4.78, 5) is 6.98. The van der Waals surface area contributed by atoms with Gasteiger partial charge in [-0.15, -0.1) is 24.0 Å². The fourth-order valence-corrected chi connectivity index (χ4v) is 4.13. The molecule has 30 heavy (non-hydrogen) atoms. The quantitative estimate of drug-likeness (QED) is 0.233. The Hall–Kier alpha value is -0.900. The molecule has 3 rings (SSSR count). The highest BCUT2D eigenvalue weighted by atomic mass is 127. The molecular formula is C23H39IN4O2. The van der Waals surface area contributed by atoms with Crippen LogP contribution in [0.5, 0.6) is 0 Å². The molecule has 1 atom stereocenters. The summed E-state index contributed by atoms with van der Waals surface area (Å²) < 4.78 is 11.3. The number of piperidine rings is 1. The van der Waals surface area contributed by atoms with Crippen LogP contribution in [0.2, 0.25) is 0 Å². The first-order valence-corrected chi connectivity index (χ1v) is 11.2. The molecule has 1 aromatic rings. The van der Waals surface area contributed by atoms with E-state index in [4.69, 9.17) is 9.47 Å². The van der Waals surface area contributed by atoms with E-state index in [9.17, 15) is 0 Å². The zero-order chi connectivity index (χ0) is 20.3. The van der Waals surface area contributed by atoms with Gasteiger partial charge in [-0.3, -0.25) is 9.89 Å². The van der Waals surface area contributed by atoms with E-state index in [-0.39, 0.29) is 24.0 Å². The normalized spacial score (nSPS) is 20.4. The molecule has 2 aliphatic rings. The zero-order valence-electron chi connectivity index (χ0n) is 18.5. The number of halogens is 1. The van der Waals surface area contributed by atoms with Crippen molar-refractivity contribution >= 4 is 29.9 Å². The van der Waals surface area contributed by atoms with Gasteiger partial charge in [0.25, 0.3) is 0 Å². The molecule has 0 spiro atoms. The lowest BCUT2D eigenvalue weighted by atomic mass is 10.0. The number of hydrogen-bond acceptors (Lipinski definition) is 4. The van der Waals surface area contributed by atoms with Crippen LogP contribution in [0.1, 0.15) is 50.6 Å². The third-order valence-corrected chi connectivity index (χ3v) is 6.06. The molecule has 0 aromatic heterocycles. The average molecular weight is 530 g/mol. The summed E-state index contributed by atoms with van der Waals surface area (Å²) in [5, 5.41) is 7.03. The average Bonchev–Trinajstić information content (AvgIpc) is 2.79. The van der Waals surface area contributed by atoms with Gasteiger partial charge in [0.15, 0.2) is 5.96 Å². The molecular weight excluding hydrogens is 491 g/mol. The number of guanidine groups is 1. The predicted octanol–water partition coefficient (Wildman–Crippen LogP) is 3.58. The molecule has 0 radical (unpaired) electrons. The van der Waals surface area contributed by atoms with Crippen LogP contribution in [0.25, 0.3) is 0 Å². The van der Waals surface area contributed by atoms with E-state index >= 15 is 0 Å². The largest absolute Gasteiger partial charge is 0.381 e. The number of ether oxygens (including phenoxy) is 2. The summed E-state index contributed by atoms with van der Waals surface area (Å²) in [6.07, 6.45) is 5.71. The standard InChI is InChI=1S/C23H38N4O2.HI/c1-19(20-7-4-3-5-8-20)27-14-9-21(10-15-27)26-23(24-2)25-13-6-16-29-22-11-17-28-18-12-22;/h3-5,7-8,19,21-22H,6,9-18H2,1-2H3,(H2,24,25,26);1H. The minimum absolute atomic E-state index is 0. The molecule has 2 fully saturated rings. The molecule has 0 aliphatic carbocycles. The van der Waals surface area contributed by atoms with E-state index in [2.05, 4.69) is 57.8 Å². The summed E-state index contributed by atoms with van der Waals surface area (Å²) in [7, 11) is 1.85. The number of aliphatic imine (C=N–C) groups is 1. The van der Waals surface area contributed by atoms with Gasteiger partial charge >= 0.3 is 0 Å². The van der Waals surface area contributed by atoms with Crippen LogP contribution >= 0.6 is 24.0 Å². The number of benzene rings is 1. The maximum Gasteiger partial charge on any atom is 0.191 e. The molecule has 170 valence electrons. The van der Waals surface area contributed by atoms with Gasteiger partial charge in [-0.2, -0.15) is 0 Å². The third kappa shape index (κ3) is 8.32. The van der Waals surface area contributed by atoms with E-state index < -0.39 is 0 Å². The lowest BCUT2D eigenvalue weighted by Crippen LogP contribution is -2.49. The molecule has 6 nitrogen and oxygen atoms in total. The van der Waals surface area contributed by atoms with Crippen LogP contribution in [0, 0.1) is 0 Å². The molecule has 0 amide bonds. The second kappa shape index (κ2) is 14.2. The Bertz CT molecular complexity index is 602. The highest BCUT2D eigenvalue weighted by Crippen LogP contribution is 2.23. The molecule has 2 N–H and O–H groups in total. The maximum absolute atomic E-state index is 5.93. The molecule has 2 heterocycles. The smallest absolute Gasteiger partial charge is 0.191 e. The summed E-state index contributed by atoms with van der Waals surface area (Å²) in [6.45, 7) is 7.89. The van der Waals surface area contributed by atoms with Crippen LogP contribution in [0.3, 0.4) is 0 Å². The Labute approximate surface area is 199 Å². The summed E-state index contributed by atoms with van der Waals surface area (Å²) in [6, 6.07) is 11.8. The van der Waals surface area contributed by atoms with Gasteiger partial charge in [-0.1, -0.05) is 30.3 Å². The van der Waals surface area contributed by atoms with Crippen molar-refractivity contribution in [3.8, 4) is 0 Å². The minimum atomic E-state index is 0. The van der Waals surface area contributed by atoms with Crippen LogP contribution in [0.15, 0.2) is 35.3 Å². The lowest BCUT2D eigenvalue weighted by molar-refractivity contribution is -0.0320. The molecule has 0 bridgehead atoms. The van der Waals surface area contributed by atoms with Gasteiger partial charge in [-0.25, -0.2) is 0 Å². The Morgan fingerprint density at radius 2 is 1.87 bits per heavy atom. The van der Waals surface area contributed by atoms with E-state index in [0.29, 0.717) is 18.2 Å². The summed E-state index contributed by atoms with van der Waals surface area (Å²) in [5.74, 6) is 0.908. The van der Waals surface area contributed by atoms with Crippen molar-refractivity contribution in [1.82, 2.24) is 15.5 Å². The molecule has 7 heteroatoms. The number of rotatable bonds is 8. The van der Waals surface area contributed by atoms with Gasteiger partial charge in [0.1, 0.15) is 0 Å². The van der Waals surface area contributed by atoms with Crippen molar-refractivity contribution in [1.29, 1.82) is 0 Å². The van der Waals surface area contributed by atoms with Gasteiger partial charge in [0.05, 0.1) is 6.10 Å². The number of likely N-dealkylation sites (tertiary alicyclic amines) is 1. The monoisotopic (exact) mass is 530 g/mol. The first kappa shape index (κ1) is 25.4. The molecule has 0 saturated carbocycles. The van der Waals surface area contributed by atoms with Crippen LogP contribution in [-0.4, -0.2) is 69.5 Å². The zero-order valence-corrected chi connectivity index (χ0v) is 20.8. The third-order valence-electron chi connectivity index (χ3n) is 6.06. The van der Waals surface area contributed by atoms with E-state index in [1.165, 1.54) is 5.56 Å². The first-order valence-electron chi connectivity index (χ1n) is 11.2. The SMILES string of the molecule is CN=C(NCCCOC1CCOCC1)NC1CCN(C(C)c2ccccc2)CC1.I. The van der Waals surface area contributed by atoms with E-state index in [0.717, 1.165) is 77.5 Å². The van der Waals surface area contributed by atoms with Crippen molar-refractivity contribution in [2.24, 2.45) is 4.99 Å². The van der Waals surface area contributed by atoms with Gasteiger partial charge in [0.2, 0.25) is 0 Å². The van der Waals surface area contributed by atoms with Crippen molar-refractivity contribution in [2.75, 3.05) is 46.5 Å². The first-order chi connectivity index (χ1) is 14.3. The molecule has 2 aliphatic heterocycles. The number of nitrogens with zero attached hydrogens (tertiary/aromatic N) is 2. The Morgan fingerprint density at radius 3 is 2.53 bits per heavy atom. The molecule has 2 saturated heterocycles. The van der Waals surface area contributed by atoms with Crippen LogP contribution < -0.4 is 10.6 Å². The molecule has 1 aromatic carbocycles. The number of nitrogens with one attached hydrogen (secondary N) is 2. The van der Waals surface area contributed by atoms with Gasteiger partial charge in [-0.05, 0) is 44.6 Å². The summed E-state index contributed by atoms with van der Waals surface area (Å²) >= 11 is 0. The predicted molar refractivity (Wildman–Crippen MR) is 134 cm³/mol. The second-order valence-electron chi connectivity index (χ2n) is 8.08. The van der Waals surface area contributed by atoms with E-state index in [1.807, 2.05) is 7.05 Å². The topological polar surface area (TPSA) is 58.1 Å². The lowest BCUT2D eigenvalue weighted by Gasteiger charge is -2.37. The fraction of sp³-hybridized carbons (Fsp3) is 0.696. The fourth-order valence-electron chi connectivity index (χ4n) is 4.13. The Morgan fingerprint density at radius 1 is 1.17 bits per heavy atom. The highest BCUT2D eigenvalue weighted by Gasteiger charge is 2.24. The van der Waals surface area contributed by atoms with Crippen molar-refractivity contribution in [2.45, 2.75) is 57.2 Å². The van der Waals surface area contributed by atoms with Crippen LogP contribution in [0.4, 0.5) is 0 Å². The van der Waals surface area contributed by atoms with Crippen LogP contribution in [-0.2, 0) is 9.47 Å². The molecule has 1 unspecified atom stereocenters. The van der Waals surface area contributed by atoms with Gasteiger partial charge < -0.3 is 20.1 Å². The highest BCUT2D eigenvalue weighted by molar-refractivity contribution is 14.0. The summed E-state index contributed by atoms with van der Waals surface area (Å²) in [5.41, 5.74) is 1.40. The Balaban J connectivity index is 0.00000320. The van der Waals surface area contributed by atoms with Gasteiger partial charge in [0, 0.05) is 58.6 Å². The Kier molecular flexibility index (Phi) is 12.0. The second-order valence-corrected chi connectivity index (χ2v) is 8.08. The minimum Gasteiger partial charge on any atom is -0.381 e.